The summed E-state index contributed by atoms with van der Waals surface area (Å²) in [5.41, 5.74) is 2.54. The SMILES string of the molecule is CNCc1ccc(C(=O)N2CCC[C@@H]([C@@](O)(CCCNC(=O)O)c3cccc(Cl)c3-c3cc(C)cc(F)c3)C2)cc1. The smallest absolute Gasteiger partial charge is 0.404 e. The van der Waals surface area contributed by atoms with Crippen LogP contribution in [0.25, 0.3) is 11.1 Å². The Hall–Kier alpha value is -3.46. The largest absolute Gasteiger partial charge is 0.465 e. The summed E-state index contributed by atoms with van der Waals surface area (Å²) in [5.74, 6) is -0.872. The van der Waals surface area contributed by atoms with Gasteiger partial charge in [0.25, 0.3) is 5.91 Å². The monoisotopic (exact) mass is 581 g/mol. The molecule has 1 heterocycles. The van der Waals surface area contributed by atoms with E-state index in [0.29, 0.717) is 66.2 Å². The van der Waals surface area contributed by atoms with Gasteiger partial charge in [-0.15, -0.1) is 0 Å². The van der Waals surface area contributed by atoms with Crippen LogP contribution in [0.15, 0.2) is 60.7 Å². The second kappa shape index (κ2) is 13.5. The van der Waals surface area contributed by atoms with Crippen LogP contribution in [0.3, 0.4) is 0 Å². The molecule has 0 saturated carbocycles. The Bertz CT molecular complexity index is 1360. The maximum atomic E-state index is 14.5. The molecule has 9 heteroatoms. The van der Waals surface area contributed by atoms with Gasteiger partial charge in [-0.2, -0.15) is 0 Å². The van der Waals surface area contributed by atoms with Crippen LogP contribution in [-0.2, 0) is 12.1 Å². The van der Waals surface area contributed by atoms with Gasteiger partial charge in [-0.05, 0) is 92.2 Å². The van der Waals surface area contributed by atoms with Gasteiger partial charge in [0.1, 0.15) is 5.82 Å². The highest BCUT2D eigenvalue weighted by Gasteiger charge is 2.43. The number of halogens is 2. The van der Waals surface area contributed by atoms with Crippen LogP contribution in [0.5, 0.6) is 0 Å². The highest BCUT2D eigenvalue weighted by molar-refractivity contribution is 6.33. The Morgan fingerprint density at radius 1 is 1.15 bits per heavy atom. The molecule has 1 aliphatic heterocycles. The zero-order valence-electron chi connectivity index (χ0n) is 23.4. The van der Waals surface area contributed by atoms with Crippen molar-refractivity contribution in [3.63, 3.8) is 0 Å². The Morgan fingerprint density at radius 3 is 2.59 bits per heavy atom. The molecule has 0 aromatic heterocycles. The molecule has 3 aromatic carbocycles. The number of carboxylic acid groups (broad SMARTS) is 1. The first kappa shape index (κ1) is 30.5. The van der Waals surface area contributed by atoms with E-state index < -0.39 is 17.5 Å². The summed E-state index contributed by atoms with van der Waals surface area (Å²) in [6.07, 6.45) is 0.789. The van der Waals surface area contributed by atoms with Gasteiger partial charge >= 0.3 is 6.09 Å². The van der Waals surface area contributed by atoms with Gasteiger partial charge in [0.05, 0.1) is 5.60 Å². The molecule has 218 valence electrons. The number of aliphatic hydroxyl groups is 1. The third kappa shape index (κ3) is 7.25. The summed E-state index contributed by atoms with van der Waals surface area (Å²) in [6, 6.07) is 17.4. The van der Waals surface area contributed by atoms with E-state index in [0.717, 1.165) is 11.1 Å². The molecule has 4 rings (SSSR count). The normalized spacial score (nSPS) is 16.7. The molecule has 0 aliphatic carbocycles. The molecule has 0 bridgehead atoms. The standard InChI is InChI=1S/C32H37ClFN3O4/c1-21-16-24(18-26(34)17-21)29-27(7-3-8-28(29)33)32(41,13-5-14-36-31(39)40)25-6-4-15-37(20-25)30(38)23-11-9-22(10-12-23)19-35-2/h3,7-12,16-18,25,35-36,41H,4-6,13-15,19-20H2,1-2H3,(H,39,40)/t25-,32+/m1/s1. The van der Waals surface area contributed by atoms with Crippen molar-refractivity contribution in [3.8, 4) is 11.1 Å². The van der Waals surface area contributed by atoms with Crippen molar-refractivity contribution < 1.29 is 24.2 Å². The highest BCUT2D eigenvalue weighted by Crippen LogP contribution is 2.46. The number of nitrogens with one attached hydrogen (secondary N) is 2. The molecule has 41 heavy (non-hydrogen) atoms. The Balaban J connectivity index is 1.70. The van der Waals surface area contributed by atoms with Crippen LogP contribution in [0.1, 0.15) is 52.7 Å². The van der Waals surface area contributed by atoms with Crippen molar-refractivity contribution in [1.82, 2.24) is 15.5 Å². The highest BCUT2D eigenvalue weighted by atomic mass is 35.5. The zero-order valence-corrected chi connectivity index (χ0v) is 24.2. The predicted molar refractivity (Wildman–Crippen MR) is 159 cm³/mol. The van der Waals surface area contributed by atoms with Gasteiger partial charge in [-0.1, -0.05) is 41.9 Å². The van der Waals surface area contributed by atoms with Crippen LogP contribution < -0.4 is 10.6 Å². The maximum absolute atomic E-state index is 14.5. The first-order chi connectivity index (χ1) is 19.6. The quantitative estimate of drug-likeness (QED) is 0.221. The van der Waals surface area contributed by atoms with E-state index in [4.69, 9.17) is 16.7 Å². The second-order valence-electron chi connectivity index (χ2n) is 10.8. The molecule has 3 aromatic rings. The summed E-state index contributed by atoms with van der Waals surface area (Å²) < 4.78 is 14.5. The predicted octanol–water partition coefficient (Wildman–Crippen LogP) is 5.96. The maximum Gasteiger partial charge on any atom is 0.404 e. The van der Waals surface area contributed by atoms with Crippen molar-refractivity contribution in [1.29, 1.82) is 0 Å². The number of carbonyl (C=O) groups excluding carboxylic acids is 1. The van der Waals surface area contributed by atoms with Crippen molar-refractivity contribution >= 4 is 23.6 Å². The average Bonchev–Trinajstić information content (AvgIpc) is 2.94. The van der Waals surface area contributed by atoms with E-state index in [-0.39, 0.29) is 24.8 Å². The summed E-state index contributed by atoms with van der Waals surface area (Å²) in [7, 11) is 1.87. The lowest BCUT2D eigenvalue weighted by atomic mass is 9.72. The van der Waals surface area contributed by atoms with Crippen molar-refractivity contribution in [3.05, 3.63) is 93.8 Å². The van der Waals surface area contributed by atoms with Crippen molar-refractivity contribution in [2.45, 2.75) is 44.8 Å². The van der Waals surface area contributed by atoms with E-state index >= 15 is 0 Å². The fourth-order valence-corrected chi connectivity index (χ4v) is 6.16. The number of hydrogen-bond donors (Lipinski definition) is 4. The molecule has 0 radical (unpaired) electrons. The molecular weight excluding hydrogens is 545 g/mol. The summed E-state index contributed by atoms with van der Waals surface area (Å²) in [4.78, 5) is 26.4. The first-order valence-corrected chi connectivity index (χ1v) is 14.3. The number of benzene rings is 3. The fraction of sp³-hybridized carbons (Fsp3) is 0.375. The molecule has 1 fully saturated rings. The van der Waals surface area contributed by atoms with Crippen LogP contribution in [0, 0.1) is 18.7 Å². The van der Waals surface area contributed by atoms with Gasteiger partial charge in [-0.3, -0.25) is 4.79 Å². The van der Waals surface area contributed by atoms with Crippen molar-refractivity contribution in [2.24, 2.45) is 5.92 Å². The van der Waals surface area contributed by atoms with E-state index in [1.54, 1.807) is 30.0 Å². The number of hydrogen-bond acceptors (Lipinski definition) is 4. The van der Waals surface area contributed by atoms with Gasteiger partial charge in [-0.25, -0.2) is 9.18 Å². The second-order valence-corrected chi connectivity index (χ2v) is 11.2. The molecule has 1 saturated heterocycles. The molecular formula is C32H37ClFN3O4. The van der Waals surface area contributed by atoms with Crippen molar-refractivity contribution in [2.75, 3.05) is 26.7 Å². The number of carbonyl (C=O) groups is 2. The first-order valence-electron chi connectivity index (χ1n) is 13.9. The van der Waals surface area contributed by atoms with Gasteiger partial charge in [0.15, 0.2) is 0 Å². The van der Waals surface area contributed by atoms with Crippen LogP contribution in [0.4, 0.5) is 9.18 Å². The number of nitrogens with zero attached hydrogens (tertiary/aromatic N) is 1. The summed E-state index contributed by atoms with van der Waals surface area (Å²) in [5, 5.41) is 27.5. The Kier molecular flexibility index (Phi) is 10.0. The molecule has 0 unspecified atom stereocenters. The van der Waals surface area contributed by atoms with E-state index in [2.05, 4.69) is 10.6 Å². The number of rotatable bonds is 10. The molecule has 7 nitrogen and oxygen atoms in total. The topological polar surface area (TPSA) is 102 Å². The van der Waals surface area contributed by atoms with E-state index in [1.807, 2.05) is 37.4 Å². The molecule has 2 amide bonds. The van der Waals surface area contributed by atoms with Gasteiger partial charge in [0.2, 0.25) is 0 Å². The fourth-order valence-electron chi connectivity index (χ4n) is 5.87. The van der Waals surface area contributed by atoms with Crippen LogP contribution in [-0.4, -0.2) is 53.8 Å². The summed E-state index contributed by atoms with van der Waals surface area (Å²) >= 11 is 6.72. The average molecular weight is 582 g/mol. The van der Waals surface area contributed by atoms with E-state index in [9.17, 15) is 19.1 Å². The number of piperidine rings is 1. The lowest BCUT2D eigenvalue weighted by Crippen LogP contribution is -2.48. The minimum atomic E-state index is -1.46. The minimum Gasteiger partial charge on any atom is -0.465 e. The molecule has 0 spiro atoms. The van der Waals surface area contributed by atoms with Crippen LogP contribution >= 0.6 is 11.6 Å². The third-order valence-electron chi connectivity index (χ3n) is 7.79. The Labute approximate surface area is 245 Å². The number of aryl methyl sites for hydroxylation is 1. The lowest BCUT2D eigenvalue weighted by Gasteiger charge is -2.44. The molecule has 2 atom stereocenters. The lowest BCUT2D eigenvalue weighted by molar-refractivity contribution is -0.0563. The Morgan fingerprint density at radius 2 is 1.90 bits per heavy atom. The zero-order chi connectivity index (χ0) is 29.6. The van der Waals surface area contributed by atoms with Crippen LogP contribution in [0.2, 0.25) is 5.02 Å². The molecule has 4 N–H and O–H groups in total. The molecule has 1 aliphatic rings. The van der Waals surface area contributed by atoms with E-state index in [1.165, 1.54) is 12.1 Å². The van der Waals surface area contributed by atoms with Gasteiger partial charge in [0, 0.05) is 48.2 Å². The number of amides is 2. The third-order valence-corrected chi connectivity index (χ3v) is 8.10. The minimum absolute atomic E-state index is 0.104. The van der Waals surface area contributed by atoms with Gasteiger partial charge < -0.3 is 25.7 Å². The summed E-state index contributed by atoms with van der Waals surface area (Å²) in [6.45, 7) is 3.53. The number of likely N-dealkylation sites (tertiary alicyclic amines) is 1.